The van der Waals surface area contributed by atoms with Crippen LogP contribution in [-0.2, 0) is 33.9 Å². The molecular formula is C28H30N2O6. The first-order chi connectivity index (χ1) is 17.3. The molecule has 0 saturated carbocycles. The standard InChI is InChI=1S/C28H30N2O6/c1-4-30(28(34)36-18-20-8-6-5-7-9-20)17-22-16-23(29-19(2)31)11-12-24(22)25-14-21(15-27(32)33)10-13-26(25)35-3/h5-14,16H,4,15,17-18H2,1-3H3,(H,29,31)(H,32,33). The lowest BCUT2D eigenvalue weighted by Crippen LogP contribution is -2.31. The Morgan fingerprint density at radius 2 is 1.69 bits per heavy atom. The number of anilines is 1. The average molecular weight is 491 g/mol. The zero-order chi connectivity index (χ0) is 26.1. The Morgan fingerprint density at radius 3 is 2.33 bits per heavy atom. The van der Waals surface area contributed by atoms with Crippen molar-refractivity contribution in [3.63, 3.8) is 0 Å². The van der Waals surface area contributed by atoms with Crippen molar-refractivity contribution < 1.29 is 29.0 Å². The molecule has 2 amide bonds. The molecule has 3 aromatic carbocycles. The van der Waals surface area contributed by atoms with E-state index in [1.54, 1.807) is 42.3 Å². The fraction of sp³-hybridized carbons (Fsp3) is 0.250. The van der Waals surface area contributed by atoms with Crippen LogP contribution in [0, 0.1) is 0 Å². The summed E-state index contributed by atoms with van der Waals surface area (Å²) < 4.78 is 11.1. The zero-order valence-electron chi connectivity index (χ0n) is 20.6. The van der Waals surface area contributed by atoms with Crippen molar-refractivity contribution in [2.45, 2.75) is 33.4 Å². The van der Waals surface area contributed by atoms with Gasteiger partial charge in [-0.15, -0.1) is 0 Å². The van der Waals surface area contributed by atoms with Crippen LogP contribution in [0.4, 0.5) is 10.5 Å². The predicted molar refractivity (Wildman–Crippen MR) is 137 cm³/mol. The highest BCUT2D eigenvalue weighted by Crippen LogP contribution is 2.35. The molecule has 3 aromatic rings. The van der Waals surface area contributed by atoms with Gasteiger partial charge in [0.2, 0.25) is 5.91 Å². The maximum absolute atomic E-state index is 12.9. The van der Waals surface area contributed by atoms with Gasteiger partial charge in [0, 0.05) is 31.3 Å². The van der Waals surface area contributed by atoms with Crippen molar-refractivity contribution in [2.24, 2.45) is 0 Å². The number of rotatable bonds is 10. The molecule has 0 atom stereocenters. The molecule has 2 N–H and O–H groups in total. The van der Waals surface area contributed by atoms with Crippen molar-refractivity contribution in [1.82, 2.24) is 4.90 Å². The third-order valence-electron chi connectivity index (χ3n) is 5.54. The molecule has 188 valence electrons. The molecule has 0 aromatic heterocycles. The minimum atomic E-state index is -0.939. The van der Waals surface area contributed by atoms with Crippen LogP contribution in [0.2, 0.25) is 0 Å². The molecule has 0 spiro atoms. The van der Waals surface area contributed by atoms with Gasteiger partial charge >= 0.3 is 12.1 Å². The van der Waals surface area contributed by atoms with E-state index in [-0.39, 0.29) is 25.5 Å². The minimum absolute atomic E-state index is 0.136. The Morgan fingerprint density at radius 1 is 0.944 bits per heavy atom. The summed E-state index contributed by atoms with van der Waals surface area (Å²) >= 11 is 0. The Bertz CT molecular complexity index is 1230. The fourth-order valence-electron chi connectivity index (χ4n) is 3.84. The number of ether oxygens (including phenoxy) is 2. The van der Waals surface area contributed by atoms with Crippen molar-refractivity contribution in [3.8, 4) is 16.9 Å². The zero-order valence-corrected chi connectivity index (χ0v) is 20.6. The number of benzene rings is 3. The second kappa shape index (κ2) is 12.4. The quantitative estimate of drug-likeness (QED) is 0.409. The smallest absolute Gasteiger partial charge is 0.410 e. The van der Waals surface area contributed by atoms with Crippen molar-refractivity contribution >= 4 is 23.7 Å². The largest absolute Gasteiger partial charge is 0.496 e. The van der Waals surface area contributed by atoms with Gasteiger partial charge < -0.3 is 24.8 Å². The van der Waals surface area contributed by atoms with E-state index in [1.807, 2.05) is 43.3 Å². The van der Waals surface area contributed by atoms with Crippen molar-refractivity contribution in [2.75, 3.05) is 19.0 Å². The van der Waals surface area contributed by atoms with Crippen LogP contribution in [0.15, 0.2) is 66.7 Å². The summed E-state index contributed by atoms with van der Waals surface area (Å²) in [6, 6.07) is 20.0. The van der Waals surface area contributed by atoms with E-state index < -0.39 is 12.1 Å². The number of carboxylic acids is 1. The highest BCUT2D eigenvalue weighted by Gasteiger charge is 2.19. The highest BCUT2D eigenvalue weighted by molar-refractivity contribution is 5.89. The van der Waals surface area contributed by atoms with Crippen molar-refractivity contribution in [3.05, 3.63) is 83.4 Å². The van der Waals surface area contributed by atoms with Crippen LogP contribution in [0.25, 0.3) is 11.1 Å². The van der Waals surface area contributed by atoms with Gasteiger partial charge in [-0.1, -0.05) is 42.5 Å². The summed E-state index contributed by atoms with van der Waals surface area (Å²) in [5.41, 5.74) is 4.26. The number of methoxy groups -OCH3 is 1. The number of hydrogen-bond acceptors (Lipinski definition) is 5. The monoisotopic (exact) mass is 490 g/mol. The lowest BCUT2D eigenvalue weighted by molar-refractivity contribution is -0.136. The lowest BCUT2D eigenvalue weighted by Gasteiger charge is -2.23. The maximum atomic E-state index is 12.9. The van der Waals surface area contributed by atoms with Crippen LogP contribution in [-0.4, -0.2) is 41.6 Å². The Kier molecular flexibility index (Phi) is 9.05. The molecule has 0 bridgehead atoms. The van der Waals surface area contributed by atoms with Gasteiger partial charge in [-0.25, -0.2) is 4.79 Å². The van der Waals surface area contributed by atoms with E-state index in [9.17, 15) is 19.5 Å². The fourth-order valence-corrected chi connectivity index (χ4v) is 3.84. The van der Waals surface area contributed by atoms with E-state index >= 15 is 0 Å². The molecule has 0 aliphatic heterocycles. The normalized spacial score (nSPS) is 10.4. The van der Waals surface area contributed by atoms with Crippen LogP contribution in [0.1, 0.15) is 30.5 Å². The van der Waals surface area contributed by atoms with Gasteiger partial charge in [0.25, 0.3) is 0 Å². The molecule has 0 fully saturated rings. The molecule has 0 unspecified atom stereocenters. The maximum Gasteiger partial charge on any atom is 0.410 e. The second-order valence-electron chi connectivity index (χ2n) is 8.21. The molecule has 0 heterocycles. The third-order valence-corrected chi connectivity index (χ3v) is 5.54. The van der Waals surface area contributed by atoms with Gasteiger partial charge in [0.15, 0.2) is 0 Å². The first kappa shape index (κ1) is 26.3. The van der Waals surface area contributed by atoms with E-state index in [1.165, 1.54) is 6.92 Å². The average Bonchev–Trinajstić information content (AvgIpc) is 2.86. The number of amides is 2. The number of carbonyl (C=O) groups excluding carboxylic acids is 2. The summed E-state index contributed by atoms with van der Waals surface area (Å²) in [4.78, 5) is 37.4. The van der Waals surface area contributed by atoms with Gasteiger partial charge in [-0.05, 0) is 53.4 Å². The number of carbonyl (C=O) groups is 3. The minimum Gasteiger partial charge on any atom is -0.496 e. The van der Waals surface area contributed by atoms with Crippen LogP contribution >= 0.6 is 0 Å². The predicted octanol–water partition coefficient (Wildman–Crippen LogP) is 5.11. The van der Waals surface area contributed by atoms with Gasteiger partial charge in [0.1, 0.15) is 12.4 Å². The molecule has 0 aliphatic carbocycles. The van der Waals surface area contributed by atoms with Crippen LogP contribution in [0.5, 0.6) is 5.75 Å². The van der Waals surface area contributed by atoms with E-state index in [0.29, 0.717) is 29.1 Å². The Labute approximate surface area is 210 Å². The van der Waals surface area contributed by atoms with Gasteiger partial charge in [0.05, 0.1) is 13.5 Å². The number of nitrogens with zero attached hydrogens (tertiary/aromatic N) is 1. The molecule has 0 aliphatic rings. The number of nitrogens with one attached hydrogen (secondary N) is 1. The van der Waals surface area contributed by atoms with E-state index in [0.717, 1.165) is 16.7 Å². The molecule has 8 nitrogen and oxygen atoms in total. The summed E-state index contributed by atoms with van der Waals surface area (Å²) in [5.74, 6) is -0.595. The number of hydrogen-bond donors (Lipinski definition) is 2. The first-order valence-electron chi connectivity index (χ1n) is 11.6. The summed E-state index contributed by atoms with van der Waals surface area (Å²) in [6.07, 6.45) is -0.604. The van der Waals surface area contributed by atoms with Gasteiger partial charge in [-0.2, -0.15) is 0 Å². The van der Waals surface area contributed by atoms with Crippen LogP contribution < -0.4 is 10.1 Å². The Balaban J connectivity index is 1.96. The molecular weight excluding hydrogens is 460 g/mol. The molecule has 8 heteroatoms. The Hall–Kier alpha value is -4.33. The molecule has 0 saturated heterocycles. The third kappa shape index (κ3) is 7.09. The van der Waals surface area contributed by atoms with Gasteiger partial charge in [-0.3, -0.25) is 9.59 Å². The van der Waals surface area contributed by atoms with Crippen molar-refractivity contribution in [1.29, 1.82) is 0 Å². The molecule has 0 radical (unpaired) electrons. The molecule has 36 heavy (non-hydrogen) atoms. The summed E-state index contributed by atoms with van der Waals surface area (Å²) in [7, 11) is 1.54. The summed E-state index contributed by atoms with van der Waals surface area (Å²) in [5, 5.41) is 12.0. The van der Waals surface area contributed by atoms with E-state index in [4.69, 9.17) is 9.47 Å². The molecule has 3 rings (SSSR count). The lowest BCUT2D eigenvalue weighted by atomic mass is 9.95. The topological polar surface area (TPSA) is 105 Å². The highest BCUT2D eigenvalue weighted by atomic mass is 16.6. The number of carboxylic acid groups (broad SMARTS) is 1. The second-order valence-corrected chi connectivity index (χ2v) is 8.21. The number of aliphatic carboxylic acids is 1. The van der Waals surface area contributed by atoms with E-state index in [2.05, 4.69) is 5.32 Å². The summed E-state index contributed by atoms with van der Waals surface area (Å²) in [6.45, 7) is 4.04. The SMILES string of the molecule is CCN(Cc1cc(NC(C)=O)ccc1-c1cc(CC(=O)O)ccc1OC)C(=O)OCc1ccccc1. The first-order valence-corrected chi connectivity index (χ1v) is 11.6. The van der Waals surface area contributed by atoms with Crippen LogP contribution in [0.3, 0.4) is 0 Å².